The SMILES string of the molecule is CN(Cc1ccon1)CC1(O)CCCN(Cc2ccc(F)c(F)c2)C1=O. The lowest BCUT2D eigenvalue weighted by atomic mass is 9.90. The third-order valence-corrected chi connectivity index (χ3v) is 4.52. The fourth-order valence-corrected chi connectivity index (χ4v) is 3.32. The van der Waals surface area contributed by atoms with Gasteiger partial charge in [0.1, 0.15) is 6.26 Å². The minimum atomic E-state index is -1.52. The van der Waals surface area contributed by atoms with Gasteiger partial charge in [0.05, 0.1) is 5.69 Å². The van der Waals surface area contributed by atoms with E-state index in [0.29, 0.717) is 37.2 Å². The summed E-state index contributed by atoms with van der Waals surface area (Å²) in [7, 11) is 1.79. The van der Waals surface area contributed by atoms with Gasteiger partial charge < -0.3 is 14.5 Å². The second-order valence-corrected chi connectivity index (χ2v) is 6.77. The molecule has 140 valence electrons. The number of benzene rings is 1. The molecule has 1 aliphatic rings. The largest absolute Gasteiger partial charge is 0.379 e. The van der Waals surface area contributed by atoms with Crippen LogP contribution in [0, 0.1) is 11.6 Å². The normalized spacial score (nSPS) is 20.8. The maximum Gasteiger partial charge on any atom is 0.256 e. The molecule has 2 aromatic rings. The van der Waals surface area contributed by atoms with Crippen molar-refractivity contribution in [2.24, 2.45) is 0 Å². The van der Waals surface area contributed by atoms with Crippen LogP contribution < -0.4 is 0 Å². The summed E-state index contributed by atoms with van der Waals surface area (Å²) < 4.78 is 31.2. The highest BCUT2D eigenvalue weighted by molar-refractivity contribution is 5.86. The Labute approximate surface area is 150 Å². The topological polar surface area (TPSA) is 69.8 Å². The molecule has 1 fully saturated rings. The minimum Gasteiger partial charge on any atom is -0.379 e. The molecule has 1 N–H and O–H groups in total. The van der Waals surface area contributed by atoms with E-state index in [4.69, 9.17) is 4.52 Å². The van der Waals surface area contributed by atoms with Crippen molar-refractivity contribution in [1.29, 1.82) is 0 Å². The van der Waals surface area contributed by atoms with Gasteiger partial charge in [-0.25, -0.2) is 8.78 Å². The average molecular weight is 365 g/mol. The van der Waals surface area contributed by atoms with Crippen molar-refractivity contribution >= 4 is 5.91 Å². The Morgan fingerprint density at radius 2 is 2.15 bits per heavy atom. The second-order valence-electron chi connectivity index (χ2n) is 6.77. The number of aromatic nitrogens is 1. The summed E-state index contributed by atoms with van der Waals surface area (Å²) in [6.45, 7) is 1.18. The quantitative estimate of drug-likeness (QED) is 0.847. The van der Waals surface area contributed by atoms with Gasteiger partial charge >= 0.3 is 0 Å². The van der Waals surface area contributed by atoms with Crippen LogP contribution in [-0.4, -0.2) is 51.7 Å². The zero-order valence-corrected chi connectivity index (χ0v) is 14.5. The van der Waals surface area contributed by atoms with Crippen LogP contribution in [0.25, 0.3) is 0 Å². The first-order valence-electron chi connectivity index (χ1n) is 8.41. The Balaban J connectivity index is 1.66. The Bertz CT molecular complexity index is 769. The van der Waals surface area contributed by atoms with Gasteiger partial charge in [-0.1, -0.05) is 11.2 Å². The number of rotatable bonds is 6. The van der Waals surface area contributed by atoms with Crippen molar-refractivity contribution in [1.82, 2.24) is 15.0 Å². The molecule has 0 bridgehead atoms. The summed E-state index contributed by atoms with van der Waals surface area (Å²) in [6, 6.07) is 5.28. The van der Waals surface area contributed by atoms with Crippen molar-refractivity contribution in [2.75, 3.05) is 20.1 Å². The summed E-state index contributed by atoms with van der Waals surface area (Å²) in [5.41, 5.74) is -0.328. The van der Waals surface area contributed by atoms with E-state index in [1.54, 1.807) is 18.0 Å². The standard InChI is InChI=1S/C18H21F2N3O3/c1-22(11-14-5-8-26-21-14)12-18(25)6-2-7-23(17(18)24)10-13-3-4-15(19)16(20)9-13/h3-5,8-9,25H,2,6-7,10-12H2,1H3. The lowest BCUT2D eigenvalue weighted by Crippen LogP contribution is -2.57. The summed E-state index contributed by atoms with van der Waals surface area (Å²) >= 11 is 0. The number of carbonyl (C=O) groups excluding carboxylic acids is 1. The van der Waals surface area contributed by atoms with E-state index in [2.05, 4.69) is 5.16 Å². The molecule has 1 aromatic carbocycles. The molecule has 1 atom stereocenters. The molecule has 6 nitrogen and oxygen atoms in total. The molecule has 2 heterocycles. The number of carbonyl (C=O) groups is 1. The van der Waals surface area contributed by atoms with Crippen LogP contribution in [0.4, 0.5) is 8.78 Å². The fraction of sp³-hybridized carbons (Fsp3) is 0.444. The fourth-order valence-electron chi connectivity index (χ4n) is 3.32. The van der Waals surface area contributed by atoms with Crippen LogP contribution in [0.1, 0.15) is 24.1 Å². The summed E-state index contributed by atoms with van der Waals surface area (Å²) in [4.78, 5) is 16.1. The van der Waals surface area contributed by atoms with Gasteiger partial charge in [-0.3, -0.25) is 9.69 Å². The molecule has 26 heavy (non-hydrogen) atoms. The molecule has 1 aromatic heterocycles. The Kier molecular flexibility index (Phi) is 5.33. The second kappa shape index (κ2) is 7.51. The van der Waals surface area contributed by atoms with Gasteiger partial charge in [-0.2, -0.15) is 0 Å². The van der Waals surface area contributed by atoms with E-state index in [1.165, 1.54) is 17.2 Å². The number of amides is 1. The van der Waals surface area contributed by atoms with E-state index in [-0.39, 0.29) is 13.1 Å². The molecule has 0 radical (unpaired) electrons. The van der Waals surface area contributed by atoms with Crippen molar-refractivity contribution < 1.29 is 23.2 Å². The van der Waals surface area contributed by atoms with Gasteiger partial charge in [0.15, 0.2) is 17.2 Å². The molecule has 1 aliphatic heterocycles. The van der Waals surface area contributed by atoms with Gasteiger partial charge in [0.25, 0.3) is 5.91 Å². The monoisotopic (exact) mass is 365 g/mol. The highest BCUT2D eigenvalue weighted by Crippen LogP contribution is 2.26. The third kappa shape index (κ3) is 4.08. The number of nitrogens with zero attached hydrogens (tertiary/aromatic N) is 3. The van der Waals surface area contributed by atoms with E-state index >= 15 is 0 Å². The smallest absolute Gasteiger partial charge is 0.256 e. The molecule has 8 heteroatoms. The van der Waals surface area contributed by atoms with Gasteiger partial charge in [0, 0.05) is 32.2 Å². The summed E-state index contributed by atoms with van der Waals surface area (Å²) in [6.07, 6.45) is 2.44. The summed E-state index contributed by atoms with van der Waals surface area (Å²) in [5.74, 6) is -2.28. The van der Waals surface area contributed by atoms with E-state index in [0.717, 1.165) is 12.1 Å². The zero-order chi connectivity index (χ0) is 18.7. The lowest BCUT2D eigenvalue weighted by molar-refractivity contribution is -0.160. The molecular formula is C18H21F2N3O3. The Morgan fingerprint density at radius 1 is 1.35 bits per heavy atom. The number of halogens is 2. The number of hydrogen-bond donors (Lipinski definition) is 1. The third-order valence-electron chi connectivity index (χ3n) is 4.52. The van der Waals surface area contributed by atoms with Crippen LogP contribution in [0.15, 0.2) is 35.1 Å². The summed E-state index contributed by atoms with van der Waals surface area (Å²) in [5, 5.41) is 14.7. The molecule has 0 spiro atoms. The molecular weight excluding hydrogens is 344 g/mol. The van der Waals surface area contributed by atoms with Crippen LogP contribution in [0.5, 0.6) is 0 Å². The van der Waals surface area contributed by atoms with Crippen molar-refractivity contribution in [3.05, 3.63) is 53.4 Å². The predicted octanol–water partition coefficient (Wildman–Crippen LogP) is 1.94. The molecule has 1 amide bonds. The Hall–Kier alpha value is -2.32. The van der Waals surface area contributed by atoms with Crippen LogP contribution in [0.3, 0.4) is 0 Å². The highest BCUT2D eigenvalue weighted by Gasteiger charge is 2.42. The maximum atomic E-state index is 13.4. The van der Waals surface area contributed by atoms with Gasteiger partial charge in [-0.05, 0) is 37.6 Å². The number of hydrogen-bond acceptors (Lipinski definition) is 5. The first-order valence-corrected chi connectivity index (χ1v) is 8.41. The average Bonchev–Trinajstić information content (AvgIpc) is 3.08. The van der Waals surface area contributed by atoms with Crippen LogP contribution >= 0.6 is 0 Å². The number of likely N-dealkylation sites (tertiary alicyclic amines) is 1. The molecule has 1 saturated heterocycles. The van der Waals surface area contributed by atoms with E-state index in [9.17, 15) is 18.7 Å². The Morgan fingerprint density at radius 3 is 2.85 bits per heavy atom. The van der Waals surface area contributed by atoms with E-state index in [1.807, 2.05) is 0 Å². The molecule has 1 unspecified atom stereocenters. The van der Waals surface area contributed by atoms with Crippen molar-refractivity contribution in [3.63, 3.8) is 0 Å². The first-order chi connectivity index (χ1) is 12.4. The van der Waals surface area contributed by atoms with Crippen LogP contribution in [0.2, 0.25) is 0 Å². The van der Waals surface area contributed by atoms with E-state index < -0.39 is 23.1 Å². The number of aliphatic hydroxyl groups is 1. The van der Waals surface area contributed by atoms with Crippen LogP contribution in [-0.2, 0) is 17.9 Å². The zero-order valence-electron chi connectivity index (χ0n) is 14.5. The van der Waals surface area contributed by atoms with Gasteiger partial charge in [0.2, 0.25) is 0 Å². The predicted molar refractivity (Wildman–Crippen MR) is 88.8 cm³/mol. The lowest BCUT2D eigenvalue weighted by Gasteiger charge is -2.40. The van der Waals surface area contributed by atoms with Crippen molar-refractivity contribution in [2.45, 2.75) is 31.5 Å². The first kappa shape index (κ1) is 18.5. The number of piperidine rings is 1. The van der Waals surface area contributed by atoms with Gasteiger partial charge in [-0.15, -0.1) is 0 Å². The number of likely N-dealkylation sites (N-methyl/N-ethyl adjacent to an activating group) is 1. The molecule has 3 rings (SSSR count). The van der Waals surface area contributed by atoms with Crippen molar-refractivity contribution in [3.8, 4) is 0 Å². The maximum absolute atomic E-state index is 13.4. The minimum absolute atomic E-state index is 0.130. The molecule has 0 saturated carbocycles. The molecule has 0 aliphatic carbocycles. The highest BCUT2D eigenvalue weighted by atomic mass is 19.2.